The van der Waals surface area contributed by atoms with E-state index in [0.717, 1.165) is 0 Å². The number of carboxylic acids is 1. The molecule has 1 fully saturated rings. The maximum absolute atomic E-state index is 11.8. The molecule has 1 aromatic heterocycles. The van der Waals surface area contributed by atoms with Crippen molar-refractivity contribution in [2.75, 3.05) is 5.43 Å². The number of carboxylic acid groups (broad SMARTS) is 1. The van der Waals surface area contributed by atoms with Gasteiger partial charge in [-0.1, -0.05) is 0 Å². The summed E-state index contributed by atoms with van der Waals surface area (Å²) in [5, 5.41) is 8.86. The van der Waals surface area contributed by atoms with Crippen molar-refractivity contribution in [3.63, 3.8) is 0 Å². The number of nitrogens with one attached hydrogen (secondary N) is 1. The molecule has 0 bridgehead atoms. The number of aromatic nitrogens is 1. The van der Waals surface area contributed by atoms with Gasteiger partial charge in [-0.3, -0.25) is 24.5 Å². The van der Waals surface area contributed by atoms with Gasteiger partial charge in [0.15, 0.2) is 0 Å². The maximum Gasteiger partial charge on any atom is 0.307 e. The molecule has 0 radical (unpaired) electrons. The van der Waals surface area contributed by atoms with E-state index in [1.54, 1.807) is 6.07 Å². The molecule has 18 heavy (non-hydrogen) atoms. The molecular weight excluding hydrogens is 238 g/mol. The summed E-state index contributed by atoms with van der Waals surface area (Å²) < 4.78 is 1.21. The van der Waals surface area contributed by atoms with Crippen LogP contribution in [0.1, 0.15) is 23.3 Å². The van der Waals surface area contributed by atoms with E-state index in [4.69, 9.17) is 10.8 Å². The van der Waals surface area contributed by atoms with E-state index in [1.165, 1.54) is 16.9 Å². The zero-order chi connectivity index (χ0) is 13.3. The molecule has 1 aliphatic rings. The number of nitrogens with zero attached hydrogens (tertiary/aromatic N) is 1. The largest absolute Gasteiger partial charge is 0.481 e. The van der Waals surface area contributed by atoms with Crippen molar-refractivity contribution in [2.45, 2.75) is 12.8 Å². The molecule has 1 heterocycles. The van der Waals surface area contributed by atoms with Gasteiger partial charge in [0, 0.05) is 6.20 Å². The Labute approximate surface area is 103 Å². The minimum absolute atomic E-state index is 0.148. The zero-order valence-corrected chi connectivity index (χ0v) is 9.50. The molecule has 0 spiro atoms. The molecule has 2 atom stereocenters. The van der Waals surface area contributed by atoms with Crippen LogP contribution in [0.15, 0.2) is 18.3 Å². The van der Waals surface area contributed by atoms with E-state index in [9.17, 15) is 14.4 Å². The van der Waals surface area contributed by atoms with Gasteiger partial charge in [-0.15, -0.1) is 0 Å². The van der Waals surface area contributed by atoms with Crippen molar-refractivity contribution in [1.82, 2.24) is 4.68 Å². The molecular formula is C11H13N3O4. The summed E-state index contributed by atoms with van der Waals surface area (Å²) in [5.74, 6) is -3.23. The van der Waals surface area contributed by atoms with Crippen LogP contribution in [-0.4, -0.2) is 27.6 Å². The summed E-state index contributed by atoms with van der Waals surface area (Å²) in [6.07, 6.45) is 2.52. The van der Waals surface area contributed by atoms with Crippen LogP contribution < -0.4 is 11.2 Å². The molecule has 1 saturated carbocycles. The maximum atomic E-state index is 11.8. The predicted octanol–water partition coefficient (Wildman–Crippen LogP) is -0.232. The van der Waals surface area contributed by atoms with Crippen molar-refractivity contribution in [3.05, 3.63) is 24.0 Å². The molecule has 1 aromatic rings. The van der Waals surface area contributed by atoms with Crippen molar-refractivity contribution < 1.29 is 19.5 Å². The van der Waals surface area contributed by atoms with Gasteiger partial charge in [0.1, 0.15) is 5.69 Å². The topological polar surface area (TPSA) is 114 Å². The van der Waals surface area contributed by atoms with Crippen LogP contribution in [0.3, 0.4) is 0 Å². The third kappa shape index (κ3) is 2.06. The lowest BCUT2D eigenvalue weighted by atomic mass is 9.73. The first-order chi connectivity index (χ1) is 8.50. The highest BCUT2D eigenvalue weighted by atomic mass is 16.4. The number of primary amides is 1. The lowest BCUT2D eigenvalue weighted by molar-refractivity contribution is -0.151. The average molecular weight is 251 g/mol. The number of carbonyl (C=O) groups excluding carboxylic acids is 2. The van der Waals surface area contributed by atoms with Crippen LogP contribution >= 0.6 is 0 Å². The van der Waals surface area contributed by atoms with Crippen molar-refractivity contribution in [2.24, 2.45) is 17.6 Å². The summed E-state index contributed by atoms with van der Waals surface area (Å²) in [6.45, 7) is 0. The molecule has 0 unspecified atom stereocenters. The first-order valence-electron chi connectivity index (χ1n) is 5.51. The fraction of sp³-hybridized carbons (Fsp3) is 0.364. The van der Waals surface area contributed by atoms with Gasteiger partial charge in [0.25, 0.3) is 5.91 Å². The number of nitrogens with two attached hydrogens (primary N) is 1. The van der Waals surface area contributed by atoms with Crippen LogP contribution in [0, 0.1) is 11.8 Å². The average Bonchev–Trinajstić information content (AvgIpc) is 2.62. The molecule has 1 aliphatic carbocycles. The molecule has 0 saturated heterocycles. The summed E-state index contributed by atoms with van der Waals surface area (Å²) in [7, 11) is 0. The van der Waals surface area contributed by atoms with Crippen LogP contribution in [-0.2, 0) is 9.59 Å². The van der Waals surface area contributed by atoms with E-state index < -0.39 is 29.6 Å². The third-order valence-corrected chi connectivity index (χ3v) is 3.16. The summed E-state index contributed by atoms with van der Waals surface area (Å²) in [5.41, 5.74) is 7.75. The summed E-state index contributed by atoms with van der Waals surface area (Å²) >= 11 is 0. The minimum atomic E-state index is -0.968. The number of carbonyl (C=O) groups is 3. The predicted molar refractivity (Wildman–Crippen MR) is 61.2 cm³/mol. The van der Waals surface area contributed by atoms with Gasteiger partial charge >= 0.3 is 5.97 Å². The lowest BCUT2D eigenvalue weighted by Gasteiger charge is -2.32. The Kier molecular flexibility index (Phi) is 3.05. The van der Waals surface area contributed by atoms with Crippen molar-refractivity contribution in [1.29, 1.82) is 0 Å². The number of hydrogen-bond acceptors (Lipinski definition) is 3. The Bertz CT molecular complexity index is 508. The Morgan fingerprint density at radius 3 is 2.50 bits per heavy atom. The quantitative estimate of drug-likeness (QED) is 0.685. The SMILES string of the molecule is NC(=O)c1cccn1NC(=O)[C@@H]1CC[C@H]1C(=O)O. The third-order valence-electron chi connectivity index (χ3n) is 3.16. The second-order valence-corrected chi connectivity index (χ2v) is 4.23. The van der Waals surface area contributed by atoms with E-state index in [0.29, 0.717) is 12.8 Å². The molecule has 0 aromatic carbocycles. The van der Waals surface area contributed by atoms with E-state index >= 15 is 0 Å². The van der Waals surface area contributed by atoms with Crippen LogP contribution in [0.25, 0.3) is 0 Å². The number of aliphatic carboxylic acids is 1. The number of amides is 2. The Balaban J connectivity index is 2.06. The minimum Gasteiger partial charge on any atom is -0.481 e. The van der Waals surface area contributed by atoms with Gasteiger partial charge < -0.3 is 10.8 Å². The van der Waals surface area contributed by atoms with Crippen molar-refractivity contribution >= 4 is 17.8 Å². The standard InChI is InChI=1S/C11H13N3O4/c12-9(15)8-2-1-5-14(8)13-10(16)6-3-4-7(6)11(17)18/h1-2,5-7H,3-4H2,(H2,12,15)(H,13,16)(H,17,18)/t6-,7-/m1/s1. The van der Waals surface area contributed by atoms with Crippen LogP contribution in [0.5, 0.6) is 0 Å². The van der Waals surface area contributed by atoms with Crippen molar-refractivity contribution in [3.8, 4) is 0 Å². The van der Waals surface area contributed by atoms with Crippen LogP contribution in [0.4, 0.5) is 0 Å². The smallest absolute Gasteiger partial charge is 0.307 e. The normalized spacial score (nSPS) is 22.0. The second-order valence-electron chi connectivity index (χ2n) is 4.23. The first kappa shape index (κ1) is 12.2. The number of hydrogen-bond donors (Lipinski definition) is 3. The summed E-state index contributed by atoms with van der Waals surface area (Å²) in [4.78, 5) is 33.7. The lowest BCUT2D eigenvalue weighted by Crippen LogP contribution is -2.43. The number of rotatable bonds is 4. The fourth-order valence-corrected chi connectivity index (χ4v) is 1.99. The highest BCUT2D eigenvalue weighted by molar-refractivity contribution is 5.94. The van der Waals surface area contributed by atoms with Crippen LogP contribution in [0.2, 0.25) is 0 Å². The van der Waals surface area contributed by atoms with E-state index in [2.05, 4.69) is 5.43 Å². The molecule has 2 rings (SSSR count). The monoisotopic (exact) mass is 251 g/mol. The molecule has 4 N–H and O–H groups in total. The molecule has 7 heteroatoms. The Morgan fingerprint density at radius 1 is 1.33 bits per heavy atom. The Morgan fingerprint density at radius 2 is 2.00 bits per heavy atom. The molecule has 96 valence electrons. The second kappa shape index (κ2) is 4.52. The molecule has 2 amide bonds. The fourth-order valence-electron chi connectivity index (χ4n) is 1.99. The summed E-state index contributed by atoms with van der Waals surface area (Å²) in [6, 6.07) is 3.04. The molecule has 7 nitrogen and oxygen atoms in total. The highest BCUT2D eigenvalue weighted by Gasteiger charge is 2.41. The van der Waals surface area contributed by atoms with Gasteiger partial charge in [-0.2, -0.15) is 0 Å². The van der Waals surface area contributed by atoms with Gasteiger partial charge in [0.05, 0.1) is 11.8 Å². The zero-order valence-electron chi connectivity index (χ0n) is 9.50. The van der Waals surface area contributed by atoms with Gasteiger partial charge in [-0.05, 0) is 25.0 Å². The van der Waals surface area contributed by atoms with Gasteiger partial charge in [0.2, 0.25) is 5.91 Å². The van der Waals surface area contributed by atoms with Gasteiger partial charge in [-0.25, -0.2) is 0 Å². The molecule has 0 aliphatic heterocycles. The highest BCUT2D eigenvalue weighted by Crippen LogP contribution is 2.34. The Hall–Kier alpha value is -2.31. The first-order valence-corrected chi connectivity index (χ1v) is 5.51. The van der Waals surface area contributed by atoms with E-state index in [-0.39, 0.29) is 5.69 Å². The van der Waals surface area contributed by atoms with E-state index in [1.807, 2.05) is 0 Å².